The molecule has 0 fully saturated rings. The Morgan fingerprint density at radius 1 is 1.53 bits per heavy atom. The highest BCUT2D eigenvalue weighted by Gasteiger charge is 2.22. The molecule has 0 radical (unpaired) electrons. The van der Waals surface area contributed by atoms with Gasteiger partial charge in [0.05, 0.1) is 0 Å². The second-order valence-electron chi connectivity index (χ2n) is 3.46. The summed E-state index contributed by atoms with van der Waals surface area (Å²) in [6, 6.07) is 2.47. The van der Waals surface area contributed by atoms with Gasteiger partial charge in [-0.15, -0.1) is 0 Å². The van der Waals surface area contributed by atoms with E-state index in [2.05, 4.69) is 4.72 Å². The molecule has 1 unspecified atom stereocenters. The summed E-state index contributed by atoms with van der Waals surface area (Å²) in [6.45, 7) is 1.91. The predicted molar refractivity (Wildman–Crippen MR) is 66.9 cm³/mol. The number of thioether (sulfide) groups is 1. The summed E-state index contributed by atoms with van der Waals surface area (Å²) in [6.07, 6.45) is 3.08. The summed E-state index contributed by atoms with van der Waals surface area (Å²) in [5.41, 5.74) is 0. The molecular formula is C10H15NO4S2. The Kier molecular flexibility index (Phi) is 5.23. The molecular weight excluding hydrogens is 262 g/mol. The lowest BCUT2D eigenvalue weighted by molar-refractivity contribution is 0.109. The van der Waals surface area contributed by atoms with Crippen LogP contribution in [-0.4, -0.2) is 32.8 Å². The maximum atomic E-state index is 11.9. The van der Waals surface area contributed by atoms with Crippen molar-refractivity contribution < 1.29 is 17.6 Å². The Bertz CT molecular complexity index is 466. The first-order valence-electron chi connectivity index (χ1n) is 5.09. The number of furan rings is 1. The van der Waals surface area contributed by atoms with Crippen LogP contribution in [-0.2, 0) is 10.0 Å². The lowest BCUT2D eigenvalue weighted by atomic mass is 10.3. The molecule has 17 heavy (non-hydrogen) atoms. The van der Waals surface area contributed by atoms with Gasteiger partial charge in [-0.05, 0) is 24.8 Å². The molecule has 1 aromatic rings. The number of carbonyl (C=O) groups excluding carboxylic acids is 1. The van der Waals surface area contributed by atoms with Gasteiger partial charge in [-0.3, -0.25) is 4.79 Å². The quantitative estimate of drug-likeness (QED) is 0.765. The van der Waals surface area contributed by atoms with E-state index in [0.717, 1.165) is 0 Å². The second kappa shape index (κ2) is 6.23. The molecule has 1 rings (SSSR count). The van der Waals surface area contributed by atoms with E-state index >= 15 is 0 Å². The summed E-state index contributed by atoms with van der Waals surface area (Å²) in [5, 5.41) is -0.223. The Morgan fingerprint density at radius 2 is 2.24 bits per heavy atom. The monoisotopic (exact) mass is 277 g/mol. The highest BCUT2D eigenvalue weighted by Crippen LogP contribution is 2.14. The van der Waals surface area contributed by atoms with E-state index in [4.69, 9.17) is 4.42 Å². The minimum Gasteiger partial charge on any atom is -0.440 e. The molecule has 0 aliphatic rings. The van der Waals surface area contributed by atoms with Gasteiger partial charge in [0.2, 0.25) is 5.09 Å². The molecule has 0 saturated carbocycles. The van der Waals surface area contributed by atoms with Crippen LogP contribution < -0.4 is 4.72 Å². The number of aldehydes is 1. The maximum absolute atomic E-state index is 11.9. The van der Waals surface area contributed by atoms with Gasteiger partial charge in [-0.25, -0.2) is 13.1 Å². The zero-order valence-electron chi connectivity index (χ0n) is 9.67. The van der Waals surface area contributed by atoms with Crippen molar-refractivity contribution in [1.82, 2.24) is 4.72 Å². The fourth-order valence-electron chi connectivity index (χ4n) is 1.26. The van der Waals surface area contributed by atoms with Crippen LogP contribution in [0.2, 0.25) is 0 Å². The normalized spacial score (nSPS) is 13.5. The lowest BCUT2D eigenvalue weighted by Crippen LogP contribution is -2.35. The topological polar surface area (TPSA) is 76.4 Å². The molecule has 7 heteroatoms. The molecule has 1 atom stereocenters. The Balaban J connectivity index is 2.83. The smallest absolute Gasteiger partial charge is 0.274 e. The summed E-state index contributed by atoms with van der Waals surface area (Å²) >= 11 is 1.57. The lowest BCUT2D eigenvalue weighted by Gasteiger charge is -2.14. The van der Waals surface area contributed by atoms with Gasteiger partial charge in [-0.1, -0.05) is 6.92 Å². The summed E-state index contributed by atoms with van der Waals surface area (Å²) in [4.78, 5) is 10.4. The molecule has 0 bridgehead atoms. The first-order chi connectivity index (χ1) is 8.03. The van der Waals surface area contributed by atoms with Gasteiger partial charge < -0.3 is 4.42 Å². The average Bonchev–Trinajstić information content (AvgIpc) is 2.77. The van der Waals surface area contributed by atoms with Crippen molar-refractivity contribution in [2.24, 2.45) is 0 Å². The van der Waals surface area contributed by atoms with Crippen molar-refractivity contribution >= 4 is 28.1 Å². The predicted octanol–water partition coefficient (Wildman–Crippen LogP) is 1.51. The van der Waals surface area contributed by atoms with E-state index in [-0.39, 0.29) is 16.9 Å². The van der Waals surface area contributed by atoms with Crippen LogP contribution in [0, 0.1) is 0 Å². The van der Waals surface area contributed by atoms with Crippen LogP contribution in [0.3, 0.4) is 0 Å². The average molecular weight is 277 g/mol. The van der Waals surface area contributed by atoms with E-state index < -0.39 is 10.0 Å². The van der Waals surface area contributed by atoms with Crippen molar-refractivity contribution in [1.29, 1.82) is 0 Å². The van der Waals surface area contributed by atoms with Gasteiger partial charge in [-0.2, -0.15) is 11.8 Å². The fourth-order valence-corrected chi connectivity index (χ4v) is 3.34. The van der Waals surface area contributed by atoms with Gasteiger partial charge in [0, 0.05) is 11.8 Å². The van der Waals surface area contributed by atoms with E-state index in [0.29, 0.717) is 18.5 Å². The van der Waals surface area contributed by atoms with Crippen LogP contribution in [0.1, 0.15) is 23.9 Å². The minimum absolute atomic E-state index is 0.00305. The molecule has 1 aromatic heterocycles. The number of rotatable bonds is 7. The molecule has 0 aliphatic carbocycles. The largest absolute Gasteiger partial charge is 0.440 e. The first-order valence-corrected chi connectivity index (χ1v) is 7.97. The van der Waals surface area contributed by atoms with Crippen LogP contribution >= 0.6 is 11.8 Å². The second-order valence-corrected chi connectivity index (χ2v) is 6.01. The molecule has 0 aromatic carbocycles. The molecule has 0 aliphatic heterocycles. The van der Waals surface area contributed by atoms with Gasteiger partial charge in [0.15, 0.2) is 12.0 Å². The van der Waals surface area contributed by atoms with Gasteiger partial charge in [0.25, 0.3) is 10.0 Å². The molecule has 0 amide bonds. The van der Waals surface area contributed by atoms with Crippen molar-refractivity contribution in [3.63, 3.8) is 0 Å². The Hall–Kier alpha value is -0.790. The zero-order valence-corrected chi connectivity index (χ0v) is 11.3. The molecule has 0 saturated heterocycles. The van der Waals surface area contributed by atoms with Gasteiger partial charge in [0.1, 0.15) is 0 Å². The third kappa shape index (κ3) is 3.86. The van der Waals surface area contributed by atoms with Crippen molar-refractivity contribution in [2.45, 2.75) is 24.5 Å². The molecule has 1 N–H and O–H groups in total. The third-order valence-electron chi connectivity index (χ3n) is 2.17. The summed E-state index contributed by atoms with van der Waals surface area (Å²) in [5.74, 6) is 0.694. The molecule has 0 spiro atoms. The van der Waals surface area contributed by atoms with Crippen LogP contribution in [0.25, 0.3) is 0 Å². The Morgan fingerprint density at radius 3 is 2.71 bits per heavy atom. The number of carbonyl (C=O) groups is 1. The minimum atomic E-state index is -3.67. The first kappa shape index (κ1) is 14.3. The number of sulfonamides is 1. The van der Waals surface area contributed by atoms with Crippen molar-refractivity contribution in [3.8, 4) is 0 Å². The molecule has 1 heterocycles. The number of nitrogens with one attached hydrogen (secondary N) is 1. The maximum Gasteiger partial charge on any atom is 0.274 e. The SMILES string of the molecule is CCC(CSC)NS(=O)(=O)c1ccc(C=O)o1. The molecule has 5 nitrogen and oxygen atoms in total. The van der Waals surface area contributed by atoms with E-state index in [1.165, 1.54) is 12.1 Å². The van der Waals surface area contributed by atoms with Crippen molar-refractivity contribution in [2.75, 3.05) is 12.0 Å². The van der Waals surface area contributed by atoms with E-state index in [9.17, 15) is 13.2 Å². The standard InChI is InChI=1S/C10H15NO4S2/c1-3-8(7-16-2)11-17(13,14)10-5-4-9(6-12)15-10/h4-6,8,11H,3,7H2,1-2H3. The molecule has 96 valence electrons. The van der Waals surface area contributed by atoms with Gasteiger partial charge >= 0.3 is 0 Å². The third-order valence-corrected chi connectivity index (χ3v) is 4.29. The number of hydrogen-bond acceptors (Lipinski definition) is 5. The summed E-state index contributed by atoms with van der Waals surface area (Å²) < 4.78 is 31.2. The summed E-state index contributed by atoms with van der Waals surface area (Å²) in [7, 11) is -3.67. The van der Waals surface area contributed by atoms with E-state index in [1.54, 1.807) is 11.8 Å². The van der Waals surface area contributed by atoms with Crippen LogP contribution in [0.5, 0.6) is 0 Å². The highest BCUT2D eigenvalue weighted by atomic mass is 32.2. The fraction of sp³-hybridized carbons (Fsp3) is 0.500. The van der Waals surface area contributed by atoms with E-state index in [1.807, 2.05) is 13.2 Å². The Labute approximate surface area is 105 Å². The zero-order chi connectivity index (χ0) is 12.9. The van der Waals surface area contributed by atoms with Crippen LogP contribution in [0.4, 0.5) is 0 Å². The number of hydrogen-bond donors (Lipinski definition) is 1. The van der Waals surface area contributed by atoms with Crippen molar-refractivity contribution in [3.05, 3.63) is 17.9 Å². The van der Waals surface area contributed by atoms with Crippen LogP contribution in [0.15, 0.2) is 21.6 Å². The highest BCUT2D eigenvalue weighted by molar-refractivity contribution is 7.98.